The van der Waals surface area contributed by atoms with Crippen molar-refractivity contribution in [2.45, 2.75) is 19.4 Å². The van der Waals surface area contributed by atoms with Crippen molar-refractivity contribution < 1.29 is 4.79 Å². The van der Waals surface area contributed by atoms with Crippen LogP contribution < -0.4 is 15.5 Å². The summed E-state index contributed by atoms with van der Waals surface area (Å²) >= 11 is 0. The Balaban J connectivity index is 1.46. The standard InChI is InChI=1S/C16H23N7O/c24-16(19-4-2-7-22-9-5-18-13-22)14-11-21-15(12-20-14)23-8-1-3-17-6-10-23/h5,9,11-13,17H,1-4,6-8,10H2,(H,19,24). The molecule has 1 aliphatic rings. The molecule has 0 bridgehead atoms. The molecule has 0 radical (unpaired) electrons. The number of carbonyl (C=O) groups is 1. The number of anilines is 1. The third-order valence-corrected chi connectivity index (χ3v) is 3.97. The van der Waals surface area contributed by atoms with Gasteiger partial charge in [-0.2, -0.15) is 0 Å². The zero-order valence-electron chi connectivity index (χ0n) is 13.7. The molecule has 0 saturated carbocycles. The molecule has 0 aromatic carbocycles. The summed E-state index contributed by atoms with van der Waals surface area (Å²) in [7, 11) is 0. The van der Waals surface area contributed by atoms with Crippen LogP contribution in [0.5, 0.6) is 0 Å². The molecule has 3 rings (SSSR count). The van der Waals surface area contributed by atoms with Gasteiger partial charge >= 0.3 is 0 Å². The van der Waals surface area contributed by atoms with Crippen molar-refractivity contribution in [3.8, 4) is 0 Å². The van der Waals surface area contributed by atoms with Crippen LogP contribution >= 0.6 is 0 Å². The zero-order valence-corrected chi connectivity index (χ0v) is 13.7. The van der Waals surface area contributed by atoms with Crippen LogP contribution in [-0.4, -0.2) is 58.1 Å². The van der Waals surface area contributed by atoms with Gasteiger partial charge in [0.05, 0.1) is 18.7 Å². The molecule has 1 aliphatic heterocycles. The molecule has 0 aliphatic carbocycles. The lowest BCUT2D eigenvalue weighted by Crippen LogP contribution is -2.29. The summed E-state index contributed by atoms with van der Waals surface area (Å²) < 4.78 is 1.98. The van der Waals surface area contributed by atoms with E-state index in [9.17, 15) is 4.79 Å². The monoisotopic (exact) mass is 329 g/mol. The van der Waals surface area contributed by atoms with Gasteiger partial charge in [-0.15, -0.1) is 0 Å². The molecule has 0 atom stereocenters. The van der Waals surface area contributed by atoms with Gasteiger partial charge in [0, 0.05) is 45.1 Å². The summed E-state index contributed by atoms with van der Waals surface area (Å²) in [6, 6.07) is 0. The summed E-state index contributed by atoms with van der Waals surface area (Å²) in [5.41, 5.74) is 0.356. The molecule has 1 fully saturated rings. The quantitative estimate of drug-likeness (QED) is 0.741. The highest BCUT2D eigenvalue weighted by atomic mass is 16.1. The Morgan fingerprint density at radius 3 is 3.00 bits per heavy atom. The number of nitrogens with one attached hydrogen (secondary N) is 2. The van der Waals surface area contributed by atoms with Gasteiger partial charge < -0.3 is 20.1 Å². The lowest BCUT2D eigenvalue weighted by Gasteiger charge is -2.20. The lowest BCUT2D eigenvalue weighted by atomic mass is 10.3. The fraction of sp³-hybridized carbons (Fsp3) is 0.500. The van der Waals surface area contributed by atoms with Gasteiger partial charge in [0.1, 0.15) is 11.5 Å². The number of aromatic nitrogens is 4. The Kier molecular flexibility index (Phi) is 5.73. The van der Waals surface area contributed by atoms with Crippen molar-refractivity contribution in [3.63, 3.8) is 0 Å². The number of rotatable bonds is 6. The Morgan fingerprint density at radius 2 is 2.21 bits per heavy atom. The minimum atomic E-state index is -0.183. The highest BCUT2D eigenvalue weighted by Gasteiger charge is 2.13. The minimum Gasteiger partial charge on any atom is -0.354 e. The number of imidazole rings is 1. The molecular formula is C16H23N7O. The van der Waals surface area contributed by atoms with Crippen LogP contribution in [0.2, 0.25) is 0 Å². The van der Waals surface area contributed by atoms with E-state index in [1.54, 1.807) is 24.9 Å². The lowest BCUT2D eigenvalue weighted by molar-refractivity contribution is 0.0947. The molecule has 128 valence electrons. The third-order valence-electron chi connectivity index (χ3n) is 3.97. The molecule has 0 spiro atoms. The zero-order chi connectivity index (χ0) is 16.6. The molecule has 2 N–H and O–H groups in total. The van der Waals surface area contributed by atoms with Crippen molar-refractivity contribution in [3.05, 3.63) is 36.8 Å². The highest BCUT2D eigenvalue weighted by Crippen LogP contribution is 2.10. The molecule has 1 saturated heterocycles. The Bertz CT molecular complexity index is 618. The van der Waals surface area contributed by atoms with Crippen LogP contribution in [0, 0.1) is 0 Å². The maximum Gasteiger partial charge on any atom is 0.271 e. The molecule has 2 aromatic heterocycles. The van der Waals surface area contributed by atoms with Crippen molar-refractivity contribution in [1.82, 2.24) is 30.2 Å². The molecule has 2 aromatic rings. The predicted octanol–water partition coefficient (Wildman–Crippen LogP) is 0.293. The van der Waals surface area contributed by atoms with Crippen LogP contribution in [0.15, 0.2) is 31.1 Å². The topological polar surface area (TPSA) is 88.0 Å². The van der Waals surface area contributed by atoms with E-state index in [0.717, 1.165) is 51.4 Å². The maximum atomic E-state index is 12.1. The smallest absolute Gasteiger partial charge is 0.271 e. The van der Waals surface area contributed by atoms with E-state index in [4.69, 9.17) is 0 Å². The average molecular weight is 329 g/mol. The summed E-state index contributed by atoms with van der Waals surface area (Å²) in [6.45, 7) is 5.27. The number of hydrogen-bond acceptors (Lipinski definition) is 6. The summed E-state index contributed by atoms with van der Waals surface area (Å²) in [4.78, 5) is 26.9. The molecule has 24 heavy (non-hydrogen) atoms. The van der Waals surface area contributed by atoms with Gasteiger partial charge in [0.25, 0.3) is 5.91 Å². The number of aryl methyl sites for hydroxylation is 1. The highest BCUT2D eigenvalue weighted by molar-refractivity contribution is 5.91. The van der Waals surface area contributed by atoms with E-state index in [1.165, 1.54) is 0 Å². The molecular weight excluding hydrogens is 306 g/mol. The Hall–Kier alpha value is -2.48. The first kappa shape index (κ1) is 16.4. The second-order valence-corrected chi connectivity index (χ2v) is 5.76. The largest absolute Gasteiger partial charge is 0.354 e. The van der Waals surface area contributed by atoms with Gasteiger partial charge in [-0.25, -0.2) is 15.0 Å². The number of nitrogens with zero attached hydrogens (tertiary/aromatic N) is 5. The number of amides is 1. The second-order valence-electron chi connectivity index (χ2n) is 5.76. The Morgan fingerprint density at radius 1 is 1.25 bits per heavy atom. The van der Waals surface area contributed by atoms with E-state index in [-0.39, 0.29) is 5.91 Å². The Labute approximate surface area is 141 Å². The van der Waals surface area contributed by atoms with Crippen LogP contribution in [0.3, 0.4) is 0 Å². The summed E-state index contributed by atoms with van der Waals surface area (Å²) in [5.74, 6) is 0.646. The first-order valence-electron chi connectivity index (χ1n) is 8.34. The van der Waals surface area contributed by atoms with Crippen LogP contribution in [0.1, 0.15) is 23.3 Å². The van der Waals surface area contributed by atoms with Crippen molar-refractivity contribution >= 4 is 11.7 Å². The van der Waals surface area contributed by atoms with E-state index in [0.29, 0.717) is 12.2 Å². The maximum absolute atomic E-state index is 12.1. The van der Waals surface area contributed by atoms with Gasteiger partial charge in [-0.1, -0.05) is 0 Å². The van der Waals surface area contributed by atoms with Crippen molar-refractivity contribution in [2.75, 3.05) is 37.6 Å². The molecule has 0 unspecified atom stereocenters. The van der Waals surface area contributed by atoms with E-state index >= 15 is 0 Å². The van der Waals surface area contributed by atoms with Crippen molar-refractivity contribution in [1.29, 1.82) is 0 Å². The van der Waals surface area contributed by atoms with Crippen molar-refractivity contribution in [2.24, 2.45) is 0 Å². The second kappa shape index (κ2) is 8.39. The summed E-state index contributed by atoms with van der Waals surface area (Å²) in [6.07, 6.45) is 10.6. The van der Waals surface area contributed by atoms with E-state index < -0.39 is 0 Å². The first-order valence-corrected chi connectivity index (χ1v) is 8.34. The normalized spacial score (nSPS) is 15.1. The molecule has 8 heteroatoms. The molecule has 3 heterocycles. The fourth-order valence-electron chi connectivity index (χ4n) is 2.65. The van der Waals surface area contributed by atoms with Crippen LogP contribution in [0.25, 0.3) is 0 Å². The van der Waals surface area contributed by atoms with E-state index in [2.05, 4.69) is 30.5 Å². The SMILES string of the molecule is O=C(NCCCn1ccnc1)c1cnc(N2CCCNCC2)cn1. The molecule has 1 amide bonds. The average Bonchev–Trinajstić information content (AvgIpc) is 2.99. The van der Waals surface area contributed by atoms with Gasteiger partial charge in [0.15, 0.2) is 0 Å². The number of hydrogen-bond donors (Lipinski definition) is 2. The summed E-state index contributed by atoms with van der Waals surface area (Å²) in [5, 5.41) is 6.23. The van der Waals surface area contributed by atoms with Crippen LogP contribution in [0.4, 0.5) is 5.82 Å². The first-order chi connectivity index (χ1) is 11.8. The molecule has 8 nitrogen and oxygen atoms in total. The minimum absolute atomic E-state index is 0.183. The van der Waals surface area contributed by atoms with E-state index in [1.807, 2.05) is 10.8 Å². The third kappa shape index (κ3) is 4.51. The fourth-order valence-corrected chi connectivity index (χ4v) is 2.65. The van der Waals surface area contributed by atoms with Gasteiger partial charge in [-0.05, 0) is 19.4 Å². The predicted molar refractivity (Wildman–Crippen MR) is 90.9 cm³/mol. The van der Waals surface area contributed by atoms with Gasteiger partial charge in [0.2, 0.25) is 0 Å². The van der Waals surface area contributed by atoms with Crippen LogP contribution in [-0.2, 0) is 6.54 Å². The number of carbonyl (C=O) groups excluding carboxylic acids is 1. The van der Waals surface area contributed by atoms with Gasteiger partial charge in [-0.3, -0.25) is 4.79 Å².